The summed E-state index contributed by atoms with van der Waals surface area (Å²) in [5.74, 6) is 0.0344. The lowest BCUT2D eigenvalue weighted by atomic mass is 10.1. The summed E-state index contributed by atoms with van der Waals surface area (Å²) in [6.45, 7) is 3.13. The third kappa shape index (κ3) is 5.25. The molecule has 0 aliphatic rings. The largest absolute Gasteiger partial charge is 0.352 e. The summed E-state index contributed by atoms with van der Waals surface area (Å²) in [5, 5.41) is 5.85. The van der Waals surface area contributed by atoms with Crippen molar-refractivity contribution in [3.63, 3.8) is 0 Å². The molecule has 0 saturated carbocycles. The van der Waals surface area contributed by atoms with Crippen LogP contribution in [0.4, 0.5) is 0 Å². The molecule has 0 fully saturated rings. The Bertz CT molecular complexity index is 571. The zero-order chi connectivity index (χ0) is 16.5. The average Bonchev–Trinajstić information content (AvgIpc) is 2.62. The van der Waals surface area contributed by atoms with E-state index in [0.29, 0.717) is 24.2 Å². The molecule has 0 aliphatic carbocycles. The van der Waals surface area contributed by atoms with Gasteiger partial charge in [-0.15, -0.1) is 0 Å². The Hall–Kier alpha value is -2.62. The van der Waals surface area contributed by atoms with Crippen LogP contribution in [0.2, 0.25) is 0 Å². The first-order chi connectivity index (χ1) is 11.2. The smallest absolute Gasteiger partial charge is 0.251 e. The molecule has 0 aromatic heterocycles. The Balaban J connectivity index is 1.79. The van der Waals surface area contributed by atoms with E-state index in [1.54, 1.807) is 24.3 Å². The number of carbonyl (C=O) groups excluding carboxylic acids is 2. The third-order valence-electron chi connectivity index (χ3n) is 3.75. The van der Waals surface area contributed by atoms with Gasteiger partial charge in [-0.1, -0.05) is 43.3 Å². The number of nitrogens with one attached hydrogen (secondary N) is 2. The lowest BCUT2D eigenvalue weighted by Crippen LogP contribution is -2.36. The van der Waals surface area contributed by atoms with Gasteiger partial charge in [0.15, 0.2) is 0 Å². The van der Waals surface area contributed by atoms with E-state index >= 15 is 0 Å². The molecule has 0 spiro atoms. The quantitative estimate of drug-likeness (QED) is 0.826. The van der Waals surface area contributed by atoms with Crippen LogP contribution in [0.25, 0.3) is 0 Å². The lowest BCUT2D eigenvalue weighted by Gasteiger charge is -2.16. The van der Waals surface area contributed by atoms with Crippen LogP contribution >= 0.6 is 0 Å². The molecular weight excluding hydrogens is 288 g/mol. The van der Waals surface area contributed by atoms with Crippen molar-refractivity contribution in [3.8, 4) is 0 Å². The summed E-state index contributed by atoms with van der Waals surface area (Å²) in [4.78, 5) is 24.1. The molecule has 2 aromatic carbocycles. The summed E-state index contributed by atoms with van der Waals surface area (Å²) < 4.78 is 0. The third-order valence-corrected chi connectivity index (χ3v) is 3.75. The Morgan fingerprint density at radius 2 is 1.17 bits per heavy atom. The molecule has 4 heteroatoms. The SMILES string of the molecule is CCC(CNC(=O)c1ccccc1)CNC(=O)c1ccccc1. The minimum absolute atomic E-state index is 0.0848. The fourth-order valence-corrected chi connectivity index (χ4v) is 2.22. The summed E-state index contributed by atoms with van der Waals surface area (Å²) in [5.41, 5.74) is 1.30. The number of hydrogen-bond donors (Lipinski definition) is 2. The first-order valence-electron chi connectivity index (χ1n) is 7.87. The molecule has 2 amide bonds. The van der Waals surface area contributed by atoms with Gasteiger partial charge < -0.3 is 10.6 Å². The molecule has 0 saturated heterocycles. The second-order valence-corrected chi connectivity index (χ2v) is 5.43. The van der Waals surface area contributed by atoms with E-state index in [0.717, 1.165) is 6.42 Å². The summed E-state index contributed by atoms with van der Waals surface area (Å²) >= 11 is 0. The number of rotatable bonds is 7. The van der Waals surface area contributed by atoms with E-state index in [-0.39, 0.29) is 17.7 Å². The monoisotopic (exact) mass is 310 g/mol. The highest BCUT2D eigenvalue weighted by atomic mass is 16.2. The molecule has 0 atom stereocenters. The molecule has 0 radical (unpaired) electrons. The number of carbonyl (C=O) groups is 2. The average molecular weight is 310 g/mol. The van der Waals surface area contributed by atoms with Gasteiger partial charge in [-0.05, 0) is 36.6 Å². The van der Waals surface area contributed by atoms with Gasteiger partial charge in [0.25, 0.3) is 11.8 Å². The Morgan fingerprint density at radius 3 is 1.52 bits per heavy atom. The van der Waals surface area contributed by atoms with E-state index in [9.17, 15) is 9.59 Å². The molecule has 0 unspecified atom stereocenters. The van der Waals surface area contributed by atoms with E-state index < -0.39 is 0 Å². The number of amides is 2. The van der Waals surface area contributed by atoms with Gasteiger partial charge in [0, 0.05) is 24.2 Å². The predicted molar refractivity (Wildman–Crippen MR) is 91.3 cm³/mol. The van der Waals surface area contributed by atoms with Gasteiger partial charge >= 0.3 is 0 Å². The molecule has 0 bridgehead atoms. The highest BCUT2D eigenvalue weighted by molar-refractivity contribution is 5.94. The van der Waals surface area contributed by atoms with Crippen LogP contribution in [-0.2, 0) is 0 Å². The van der Waals surface area contributed by atoms with Crippen molar-refractivity contribution in [1.29, 1.82) is 0 Å². The van der Waals surface area contributed by atoms with Crippen molar-refractivity contribution in [3.05, 3.63) is 71.8 Å². The molecule has 23 heavy (non-hydrogen) atoms. The minimum atomic E-state index is -0.0848. The van der Waals surface area contributed by atoms with Gasteiger partial charge in [-0.3, -0.25) is 9.59 Å². The molecule has 2 N–H and O–H groups in total. The number of hydrogen-bond acceptors (Lipinski definition) is 2. The number of benzene rings is 2. The van der Waals surface area contributed by atoms with E-state index in [4.69, 9.17) is 0 Å². The van der Waals surface area contributed by atoms with E-state index in [2.05, 4.69) is 10.6 Å². The standard InChI is InChI=1S/C19H22N2O2/c1-2-15(13-20-18(22)16-9-5-3-6-10-16)14-21-19(23)17-11-7-4-8-12-17/h3-12,15H,2,13-14H2,1H3,(H,20,22)(H,21,23). The maximum absolute atomic E-state index is 12.0. The second kappa shape index (κ2) is 8.73. The van der Waals surface area contributed by atoms with Crippen molar-refractivity contribution in [1.82, 2.24) is 10.6 Å². The normalized spacial score (nSPS) is 10.3. The van der Waals surface area contributed by atoms with Crippen molar-refractivity contribution in [2.24, 2.45) is 5.92 Å². The van der Waals surface area contributed by atoms with Crippen molar-refractivity contribution < 1.29 is 9.59 Å². The minimum Gasteiger partial charge on any atom is -0.352 e. The summed E-state index contributed by atoms with van der Waals surface area (Å²) in [7, 11) is 0. The van der Waals surface area contributed by atoms with Crippen LogP contribution in [0.3, 0.4) is 0 Å². The topological polar surface area (TPSA) is 58.2 Å². The van der Waals surface area contributed by atoms with Crippen LogP contribution in [0, 0.1) is 5.92 Å². The van der Waals surface area contributed by atoms with E-state index in [1.165, 1.54) is 0 Å². The second-order valence-electron chi connectivity index (χ2n) is 5.43. The summed E-state index contributed by atoms with van der Waals surface area (Å²) in [6, 6.07) is 18.3. The van der Waals surface area contributed by atoms with Gasteiger partial charge in [0.2, 0.25) is 0 Å². The van der Waals surface area contributed by atoms with Crippen LogP contribution in [0.5, 0.6) is 0 Å². The van der Waals surface area contributed by atoms with Crippen molar-refractivity contribution in [2.45, 2.75) is 13.3 Å². The van der Waals surface area contributed by atoms with Crippen LogP contribution in [0.15, 0.2) is 60.7 Å². The molecular formula is C19H22N2O2. The van der Waals surface area contributed by atoms with Crippen LogP contribution in [0.1, 0.15) is 34.1 Å². The summed E-state index contributed by atoms with van der Waals surface area (Å²) in [6.07, 6.45) is 0.879. The molecule has 4 nitrogen and oxygen atoms in total. The zero-order valence-corrected chi connectivity index (χ0v) is 13.3. The molecule has 0 heterocycles. The Kier molecular flexibility index (Phi) is 6.36. The molecule has 2 aromatic rings. The Morgan fingerprint density at radius 1 is 0.783 bits per heavy atom. The van der Waals surface area contributed by atoms with Gasteiger partial charge in [0.1, 0.15) is 0 Å². The maximum atomic E-state index is 12.0. The molecule has 120 valence electrons. The first-order valence-corrected chi connectivity index (χ1v) is 7.87. The highest BCUT2D eigenvalue weighted by Crippen LogP contribution is 2.03. The van der Waals surface area contributed by atoms with Crippen LogP contribution in [-0.4, -0.2) is 24.9 Å². The van der Waals surface area contributed by atoms with E-state index in [1.807, 2.05) is 43.3 Å². The van der Waals surface area contributed by atoms with Crippen molar-refractivity contribution in [2.75, 3.05) is 13.1 Å². The maximum Gasteiger partial charge on any atom is 0.251 e. The highest BCUT2D eigenvalue weighted by Gasteiger charge is 2.12. The van der Waals surface area contributed by atoms with Gasteiger partial charge in [0.05, 0.1) is 0 Å². The Labute approximate surface area is 136 Å². The predicted octanol–water partition coefficient (Wildman–Crippen LogP) is 2.87. The molecule has 2 rings (SSSR count). The fourth-order valence-electron chi connectivity index (χ4n) is 2.22. The fraction of sp³-hybridized carbons (Fsp3) is 0.263. The zero-order valence-electron chi connectivity index (χ0n) is 13.3. The van der Waals surface area contributed by atoms with Gasteiger partial charge in [-0.2, -0.15) is 0 Å². The van der Waals surface area contributed by atoms with Crippen molar-refractivity contribution >= 4 is 11.8 Å². The lowest BCUT2D eigenvalue weighted by molar-refractivity contribution is 0.0939. The molecule has 0 aliphatic heterocycles. The van der Waals surface area contributed by atoms with Crippen LogP contribution < -0.4 is 10.6 Å². The van der Waals surface area contributed by atoms with Gasteiger partial charge in [-0.25, -0.2) is 0 Å². The first kappa shape index (κ1) is 16.7.